The highest BCUT2D eigenvalue weighted by Gasteiger charge is 1.95. The van der Waals surface area contributed by atoms with Crippen molar-refractivity contribution >= 4 is 17.2 Å². The van der Waals surface area contributed by atoms with Crippen molar-refractivity contribution in [1.29, 1.82) is 0 Å². The van der Waals surface area contributed by atoms with E-state index in [0.29, 0.717) is 5.82 Å². The molecule has 1 aromatic heterocycles. The summed E-state index contributed by atoms with van der Waals surface area (Å²) in [6, 6.07) is 0. The Morgan fingerprint density at radius 2 is 2.50 bits per heavy atom. The quantitative estimate of drug-likeness (QED) is 0.562. The van der Waals surface area contributed by atoms with Crippen molar-refractivity contribution in [3.63, 3.8) is 0 Å². The van der Waals surface area contributed by atoms with Crippen LogP contribution in [0.4, 0.5) is 5.95 Å². The molecule has 0 spiro atoms. The Morgan fingerprint density at radius 1 is 1.80 bits per heavy atom. The number of hydrogen-bond acceptors (Lipinski definition) is 4. The van der Waals surface area contributed by atoms with Crippen LogP contribution in [0.2, 0.25) is 0 Å². The SMILES string of the molecule is Cc1nc(NS(=O)[O-])n[nH]1. The number of rotatable bonds is 2. The fraction of sp³-hybridized carbons (Fsp3) is 0.333. The van der Waals surface area contributed by atoms with E-state index in [4.69, 9.17) is 0 Å². The first kappa shape index (κ1) is 7.16. The standard InChI is InChI=1S/C3H6N4O2S/c1-2-4-3(6-5-2)7-10(8)9/h1H3,(H,8,9)(H2,4,5,6,7)/p-1. The van der Waals surface area contributed by atoms with E-state index in [2.05, 4.69) is 15.2 Å². The maximum Gasteiger partial charge on any atom is 0.253 e. The van der Waals surface area contributed by atoms with E-state index in [0.717, 1.165) is 0 Å². The van der Waals surface area contributed by atoms with Gasteiger partial charge in [-0.1, -0.05) is 0 Å². The lowest BCUT2D eigenvalue weighted by Crippen LogP contribution is -2.03. The van der Waals surface area contributed by atoms with E-state index in [1.165, 1.54) is 0 Å². The van der Waals surface area contributed by atoms with Crippen molar-refractivity contribution in [2.75, 3.05) is 4.72 Å². The largest absolute Gasteiger partial charge is 0.755 e. The van der Waals surface area contributed by atoms with Gasteiger partial charge in [-0.05, 0) is 6.92 Å². The van der Waals surface area contributed by atoms with Crippen molar-refractivity contribution in [1.82, 2.24) is 15.2 Å². The molecule has 0 fully saturated rings. The van der Waals surface area contributed by atoms with Gasteiger partial charge in [0.25, 0.3) is 5.95 Å². The summed E-state index contributed by atoms with van der Waals surface area (Å²) in [7, 11) is 0. The van der Waals surface area contributed by atoms with Crippen LogP contribution >= 0.6 is 0 Å². The molecule has 0 radical (unpaired) electrons. The van der Waals surface area contributed by atoms with Crippen LogP contribution < -0.4 is 4.72 Å². The first-order valence-electron chi connectivity index (χ1n) is 2.43. The fourth-order valence-corrected chi connectivity index (χ4v) is 0.703. The highest BCUT2D eigenvalue weighted by molar-refractivity contribution is 7.80. The molecule has 7 heteroatoms. The minimum absolute atomic E-state index is 0.0610. The Kier molecular flexibility index (Phi) is 1.97. The van der Waals surface area contributed by atoms with E-state index in [-0.39, 0.29) is 5.95 Å². The third-order valence-corrected chi connectivity index (χ3v) is 1.12. The average Bonchev–Trinajstić information content (AvgIpc) is 2.13. The Labute approximate surface area is 59.5 Å². The van der Waals surface area contributed by atoms with E-state index < -0.39 is 11.3 Å². The second-order valence-corrected chi connectivity index (χ2v) is 2.25. The highest BCUT2D eigenvalue weighted by atomic mass is 32.2. The zero-order valence-electron chi connectivity index (χ0n) is 5.12. The Morgan fingerprint density at radius 3 is 2.90 bits per heavy atom. The van der Waals surface area contributed by atoms with Crippen LogP contribution in [0, 0.1) is 6.92 Å². The van der Waals surface area contributed by atoms with Crippen LogP contribution in [-0.4, -0.2) is 23.9 Å². The van der Waals surface area contributed by atoms with E-state index in [1.54, 1.807) is 6.92 Å². The van der Waals surface area contributed by atoms with Gasteiger partial charge in [-0.3, -0.25) is 14.0 Å². The molecule has 0 amide bonds. The van der Waals surface area contributed by atoms with Crippen molar-refractivity contribution in [2.45, 2.75) is 6.92 Å². The molecule has 1 aromatic rings. The smallest absolute Gasteiger partial charge is 0.253 e. The van der Waals surface area contributed by atoms with Crippen molar-refractivity contribution < 1.29 is 8.76 Å². The number of H-pyrrole nitrogens is 1. The number of aromatic amines is 1. The minimum Gasteiger partial charge on any atom is -0.755 e. The first-order chi connectivity index (χ1) is 4.68. The predicted octanol–water partition coefficient (Wildman–Crippen LogP) is -0.681. The number of anilines is 1. The molecule has 1 atom stereocenters. The molecule has 56 valence electrons. The normalized spacial score (nSPS) is 13.0. The van der Waals surface area contributed by atoms with Gasteiger partial charge >= 0.3 is 0 Å². The monoisotopic (exact) mass is 161 g/mol. The van der Waals surface area contributed by atoms with Crippen LogP contribution in [0.1, 0.15) is 5.82 Å². The number of aromatic nitrogens is 3. The van der Waals surface area contributed by atoms with Gasteiger partial charge in [0, 0.05) is 11.3 Å². The number of aryl methyl sites for hydroxylation is 1. The minimum atomic E-state index is -2.35. The first-order valence-corrected chi connectivity index (χ1v) is 3.51. The summed E-state index contributed by atoms with van der Waals surface area (Å²) in [5.41, 5.74) is 0. The zero-order chi connectivity index (χ0) is 7.56. The lowest BCUT2D eigenvalue weighted by molar-refractivity contribution is 0.542. The molecule has 6 nitrogen and oxygen atoms in total. The van der Waals surface area contributed by atoms with E-state index >= 15 is 0 Å². The van der Waals surface area contributed by atoms with Gasteiger partial charge in [-0.15, -0.1) is 5.10 Å². The van der Waals surface area contributed by atoms with Crippen molar-refractivity contribution in [2.24, 2.45) is 0 Å². The van der Waals surface area contributed by atoms with E-state index in [1.807, 2.05) is 4.72 Å². The van der Waals surface area contributed by atoms with Crippen LogP contribution in [0.5, 0.6) is 0 Å². The third kappa shape index (κ3) is 1.78. The van der Waals surface area contributed by atoms with Crippen LogP contribution in [0.25, 0.3) is 0 Å². The lowest BCUT2D eigenvalue weighted by Gasteiger charge is -2.01. The maximum atomic E-state index is 9.97. The molecule has 1 rings (SSSR count). The average molecular weight is 161 g/mol. The number of nitrogens with one attached hydrogen (secondary N) is 2. The Balaban J connectivity index is 2.67. The summed E-state index contributed by atoms with van der Waals surface area (Å²) in [6.45, 7) is 1.67. The second-order valence-electron chi connectivity index (χ2n) is 1.58. The summed E-state index contributed by atoms with van der Waals surface area (Å²) in [6.07, 6.45) is 0. The van der Waals surface area contributed by atoms with Crippen molar-refractivity contribution in [3.05, 3.63) is 5.82 Å². The molecule has 1 heterocycles. The molecule has 10 heavy (non-hydrogen) atoms. The summed E-state index contributed by atoms with van der Waals surface area (Å²) in [5.74, 6) is 0.624. The highest BCUT2D eigenvalue weighted by Crippen LogP contribution is 1.95. The van der Waals surface area contributed by atoms with Gasteiger partial charge in [0.2, 0.25) is 0 Å². The van der Waals surface area contributed by atoms with Gasteiger partial charge in [-0.25, -0.2) is 0 Å². The number of hydrogen-bond donors (Lipinski definition) is 2. The molecule has 0 aliphatic rings. The molecule has 0 aliphatic carbocycles. The van der Waals surface area contributed by atoms with Gasteiger partial charge in [-0.2, -0.15) is 4.98 Å². The molecule has 2 N–H and O–H groups in total. The van der Waals surface area contributed by atoms with Crippen LogP contribution in [0.15, 0.2) is 0 Å². The molecule has 1 unspecified atom stereocenters. The number of nitrogens with zero attached hydrogens (tertiary/aromatic N) is 2. The molecular weight excluding hydrogens is 156 g/mol. The lowest BCUT2D eigenvalue weighted by atomic mass is 10.8. The maximum absolute atomic E-state index is 9.97. The third-order valence-electron chi connectivity index (χ3n) is 0.772. The molecule has 0 saturated carbocycles. The predicted molar refractivity (Wildman–Crippen MR) is 33.7 cm³/mol. The summed E-state index contributed by atoms with van der Waals surface area (Å²) in [5, 5.41) is 5.99. The molecule has 0 bridgehead atoms. The topological polar surface area (TPSA) is 93.7 Å². The second kappa shape index (κ2) is 2.76. The van der Waals surface area contributed by atoms with Crippen molar-refractivity contribution in [3.8, 4) is 0 Å². The van der Waals surface area contributed by atoms with Gasteiger partial charge in [0.1, 0.15) is 5.82 Å². The summed E-state index contributed by atoms with van der Waals surface area (Å²) < 4.78 is 21.9. The molecule has 0 saturated heterocycles. The molecule has 0 aromatic carbocycles. The fourth-order valence-electron chi connectivity index (χ4n) is 0.463. The molecular formula is C3H5N4O2S-. The van der Waals surface area contributed by atoms with Gasteiger partial charge < -0.3 is 4.55 Å². The summed E-state index contributed by atoms with van der Waals surface area (Å²) in [4.78, 5) is 3.68. The summed E-state index contributed by atoms with van der Waals surface area (Å²) >= 11 is -2.35. The molecule has 0 aliphatic heterocycles. The zero-order valence-corrected chi connectivity index (χ0v) is 5.94. The Bertz CT molecular complexity index is 246. The van der Waals surface area contributed by atoms with Crippen LogP contribution in [-0.2, 0) is 11.3 Å². The van der Waals surface area contributed by atoms with E-state index in [9.17, 15) is 8.76 Å². The Hall–Kier alpha value is -0.950. The van der Waals surface area contributed by atoms with Gasteiger partial charge in [0.05, 0.1) is 0 Å². The van der Waals surface area contributed by atoms with Gasteiger partial charge in [0.15, 0.2) is 0 Å². The van der Waals surface area contributed by atoms with Crippen LogP contribution in [0.3, 0.4) is 0 Å².